The van der Waals surface area contributed by atoms with Crippen LogP contribution in [0.15, 0.2) is 18.2 Å². The Kier molecular flexibility index (Phi) is 2.90. The first-order valence-electron chi connectivity index (χ1n) is 5.88. The molecule has 1 aliphatic carbocycles. The van der Waals surface area contributed by atoms with Gasteiger partial charge in [0.25, 0.3) is 0 Å². The van der Waals surface area contributed by atoms with Crippen molar-refractivity contribution in [3.05, 3.63) is 34.9 Å². The standard InChI is InChI=1S/C14H20/c1-3-4-12-6-5-11(2)14(9-12)10-13-7-8-13/h5-6,9,13H,3-4,7-8,10H2,1-2H3. The van der Waals surface area contributed by atoms with Crippen LogP contribution < -0.4 is 0 Å². The summed E-state index contributed by atoms with van der Waals surface area (Å²) in [6, 6.07) is 7.01. The van der Waals surface area contributed by atoms with E-state index in [-0.39, 0.29) is 0 Å². The topological polar surface area (TPSA) is 0 Å². The fourth-order valence-corrected chi connectivity index (χ4v) is 2.02. The average Bonchev–Trinajstić information content (AvgIpc) is 2.95. The quantitative estimate of drug-likeness (QED) is 0.672. The number of hydrogen-bond acceptors (Lipinski definition) is 0. The van der Waals surface area contributed by atoms with Crippen molar-refractivity contribution in [1.82, 2.24) is 0 Å². The van der Waals surface area contributed by atoms with Crippen LogP contribution in [0.1, 0.15) is 42.9 Å². The largest absolute Gasteiger partial charge is 0.0651 e. The van der Waals surface area contributed by atoms with Crippen LogP contribution in [0.2, 0.25) is 0 Å². The Labute approximate surface area is 87.3 Å². The normalized spacial score (nSPS) is 15.9. The van der Waals surface area contributed by atoms with E-state index in [4.69, 9.17) is 0 Å². The molecule has 0 amide bonds. The first-order chi connectivity index (χ1) is 6.79. The van der Waals surface area contributed by atoms with Gasteiger partial charge in [-0.3, -0.25) is 0 Å². The van der Waals surface area contributed by atoms with Gasteiger partial charge in [-0.1, -0.05) is 31.5 Å². The monoisotopic (exact) mass is 188 g/mol. The van der Waals surface area contributed by atoms with Crippen molar-refractivity contribution in [3.63, 3.8) is 0 Å². The Morgan fingerprint density at radius 3 is 2.71 bits per heavy atom. The first-order valence-corrected chi connectivity index (χ1v) is 5.88. The molecule has 0 N–H and O–H groups in total. The molecular weight excluding hydrogens is 168 g/mol. The van der Waals surface area contributed by atoms with E-state index in [1.54, 1.807) is 5.56 Å². The third-order valence-electron chi connectivity index (χ3n) is 3.16. The molecule has 1 aromatic carbocycles. The van der Waals surface area contributed by atoms with Crippen LogP contribution in [0.3, 0.4) is 0 Å². The Morgan fingerprint density at radius 2 is 2.07 bits per heavy atom. The molecule has 0 spiro atoms. The fraction of sp³-hybridized carbons (Fsp3) is 0.571. The van der Waals surface area contributed by atoms with Gasteiger partial charge < -0.3 is 0 Å². The minimum Gasteiger partial charge on any atom is -0.0651 e. The molecule has 76 valence electrons. The molecule has 0 bridgehead atoms. The lowest BCUT2D eigenvalue weighted by atomic mass is 9.98. The molecule has 1 fully saturated rings. The third-order valence-corrected chi connectivity index (χ3v) is 3.16. The summed E-state index contributed by atoms with van der Waals surface area (Å²) in [5.41, 5.74) is 4.60. The van der Waals surface area contributed by atoms with Gasteiger partial charge in [-0.05, 0) is 55.2 Å². The van der Waals surface area contributed by atoms with Crippen molar-refractivity contribution in [2.24, 2.45) is 5.92 Å². The highest BCUT2D eigenvalue weighted by atomic mass is 14.3. The van der Waals surface area contributed by atoms with E-state index < -0.39 is 0 Å². The van der Waals surface area contributed by atoms with Crippen molar-refractivity contribution >= 4 is 0 Å². The van der Waals surface area contributed by atoms with Crippen LogP contribution in [-0.4, -0.2) is 0 Å². The lowest BCUT2D eigenvalue weighted by molar-refractivity contribution is 0.820. The maximum Gasteiger partial charge on any atom is -0.0248 e. The van der Waals surface area contributed by atoms with E-state index in [0.717, 1.165) is 5.92 Å². The summed E-state index contributed by atoms with van der Waals surface area (Å²) < 4.78 is 0. The highest BCUT2D eigenvalue weighted by Crippen LogP contribution is 2.33. The molecule has 1 aliphatic rings. The zero-order valence-corrected chi connectivity index (χ0v) is 9.34. The molecule has 2 rings (SSSR count). The maximum atomic E-state index is 2.43. The van der Waals surface area contributed by atoms with E-state index in [0.29, 0.717) is 0 Å². The van der Waals surface area contributed by atoms with Gasteiger partial charge >= 0.3 is 0 Å². The fourth-order valence-electron chi connectivity index (χ4n) is 2.02. The molecule has 0 unspecified atom stereocenters. The van der Waals surface area contributed by atoms with Crippen molar-refractivity contribution in [2.45, 2.75) is 46.0 Å². The maximum absolute atomic E-state index is 2.43. The SMILES string of the molecule is CCCc1ccc(C)c(CC2CC2)c1. The van der Waals surface area contributed by atoms with Gasteiger partial charge in [0.05, 0.1) is 0 Å². The second kappa shape index (κ2) is 4.16. The van der Waals surface area contributed by atoms with Crippen molar-refractivity contribution in [3.8, 4) is 0 Å². The molecular formula is C14H20. The second-order valence-corrected chi connectivity index (χ2v) is 4.66. The number of aryl methyl sites for hydroxylation is 2. The van der Waals surface area contributed by atoms with Gasteiger partial charge in [-0.15, -0.1) is 0 Å². The van der Waals surface area contributed by atoms with E-state index >= 15 is 0 Å². The lowest BCUT2D eigenvalue weighted by Crippen LogP contribution is -1.94. The third kappa shape index (κ3) is 2.37. The van der Waals surface area contributed by atoms with Crippen molar-refractivity contribution < 1.29 is 0 Å². The zero-order chi connectivity index (χ0) is 9.97. The van der Waals surface area contributed by atoms with Gasteiger partial charge in [0.2, 0.25) is 0 Å². The first kappa shape index (κ1) is 9.76. The average molecular weight is 188 g/mol. The summed E-state index contributed by atoms with van der Waals surface area (Å²) in [7, 11) is 0. The van der Waals surface area contributed by atoms with Gasteiger partial charge in [-0.2, -0.15) is 0 Å². The predicted octanol–water partition coefficient (Wildman–Crippen LogP) is 3.90. The summed E-state index contributed by atoms with van der Waals surface area (Å²) >= 11 is 0. The van der Waals surface area contributed by atoms with Crippen LogP contribution >= 0.6 is 0 Å². The Balaban J connectivity index is 2.13. The molecule has 1 aromatic rings. The minimum absolute atomic E-state index is 1.01. The van der Waals surface area contributed by atoms with E-state index in [2.05, 4.69) is 32.0 Å². The van der Waals surface area contributed by atoms with Crippen LogP contribution in [0.5, 0.6) is 0 Å². The molecule has 14 heavy (non-hydrogen) atoms. The van der Waals surface area contributed by atoms with Crippen LogP contribution in [0.25, 0.3) is 0 Å². The summed E-state index contributed by atoms with van der Waals surface area (Å²) in [6.07, 6.45) is 6.72. The van der Waals surface area contributed by atoms with E-state index in [1.165, 1.54) is 43.2 Å². The predicted molar refractivity (Wildman–Crippen MR) is 61.6 cm³/mol. The van der Waals surface area contributed by atoms with Crippen molar-refractivity contribution in [2.75, 3.05) is 0 Å². The minimum atomic E-state index is 1.01. The smallest absolute Gasteiger partial charge is 0.0248 e. The molecule has 0 aromatic heterocycles. The van der Waals surface area contributed by atoms with Crippen LogP contribution in [0, 0.1) is 12.8 Å². The Bertz CT molecular complexity index is 308. The van der Waals surface area contributed by atoms with Gasteiger partial charge in [0.15, 0.2) is 0 Å². The number of hydrogen-bond donors (Lipinski definition) is 0. The van der Waals surface area contributed by atoms with Gasteiger partial charge in [0, 0.05) is 0 Å². The van der Waals surface area contributed by atoms with Crippen LogP contribution in [-0.2, 0) is 12.8 Å². The molecule has 0 radical (unpaired) electrons. The van der Waals surface area contributed by atoms with Crippen molar-refractivity contribution in [1.29, 1.82) is 0 Å². The van der Waals surface area contributed by atoms with Gasteiger partial charge in [0.1, 0.15) is 0 Å². The summed E-state index contributed by atoms with van der Waals surface area (Å²) in [5, 5.41) is 0. The highest BCUT2D eigenvalue weighted by molar-refractivity contribution is 5.32. The zero-order valence-electron chi connectivity index (χ0n) is 9.34. The lowest BCUT2D eigenvalue weighted by Gasteiger charge is -2.07. The molecule has 1 saturated carbocycles. The molecule has 0 saturated heterocycles. The number of rotatable bonds is 4. The molecule has 0 heteroatoms. The number of benzene rings is 1. The summed E-state index contributed by atoms with van der Waals surface area (Å²) in [6.45, 7) is 4.49. The molecule has 0 aliphatic heterocycles. The summed E-state index contributed by atoms with van der Waals surface area (Å²) in [5.74, 6) is 1.01. The summed E-state index contributed by atoms with van der Waals surface area (Å²) in [4.78, 5) is 0. The Morgan fingerprint density at radius 1 is 1.29 bits per heavy atom. The second-order valence-electron chi connectivity index (χ2n) is 4.66. The Hall–Kier alpha value is -0.780. The molecule has 0 atom stereocenters. The van der Waals surface area contributed by atoms with Gasteiger partial charge in [-0.25, -0.2) is 0 Å². The van der Waals surface area contributed by atoms with E-state index in [9.17, 15) is 0 Å². The molecule has 0 heterocycles. The highest BCUT2D eigenvalue weighted by Gasteiger charge is 2.22. The van der Waals surface area contributed by atoms with Crippen LogP contribution in [0.4, 0.5) is 0 Å². The molecule has 0 nitrogen and oxygen atoms in total. The van der Waals surface area contributed by atoms with E-state index in [1.807, 2.05) is 0 Å².